The smallest absolute Gasteiger partial charge is 0.0860 e. The van der Waals surface area contributed by atoms with Crippen molar-refractivity contribution in [1.29, 1.82) is 0 Å². The Bertz CT molecular complexity index is 282. The van der Waals surface area contributed by atoms with Crippen LogP contribution in [0.15, 0.2) is 18.5 Å². The number of aliphatic hydroxyl groups excluding tert-OH is 1. The summed E-state index contributed by atoms with van der Waals surface area (Å²) in [6.07, 6.45) is 4.34. The van der Waals surface area contributed by atoms with Crippen molar-refractivity contribution in [3.05, 3.63) is 18.5 Å². The van der Waals surface area contributed by atoms with Gasteiger partial charge in [-0.3, -0.25) is 4.68 Å². The molecular weight excluding hydrogens is 202 g/mol. The van der Waals surface area contributed by atoms with Crippen LogP contribution >= 0.6 is 0 Å². The van der Waals surface area contributed by atoms with Crippen molar-refractivity contribution >= 4 is 0 Å². The van der Waals surface area contributed by atoms with Crippen molar-refractivity contribution in [3.8, 4) is 0 Å². The average Bonchev–Trinajstić information content (AvgIpc) is 2.70. The second-order valence-corrected chi connectivity index (χ2v) is 5.03. The molecule has 1 rings (SSSR count). The first kappa shape index (κ1) is 13.2. The SMILES string of the molecule is CCC(C)(C)CNCC(O)Cn1cccn1. The first-order chi connectivity index (χ1) is 7.53. The summed E-state index contributed by atoms with van der Waals surface area (Å²) in [4.78, 5) is 0. The first-order valence-corrected chi connectivity index (χ1v) is 5.90. The molecule has 0 aromatic carbocycles. The number of hydrogen-bond donors (Lipinski definition) is 2. The summed E-state index contributed by atoms with van der Waals surface area (Å²) in [6.45, 7) is 8.72. The molecule has 0 bridgehead atoms. The van der Waals surface area contributed by atoms with Gasteiger partial charge in [0.15, 0.2) is 0 Å². The molecule has 1 aromatic rings. The molecule has 4 heteroatoms. The van der Waals surface area contributed by atoms with E-state index in [1.165, 1.54) is 0 Å². The van der Waals surface area contributed by atoms with Crippen molar-refractivity contribution in [1.82, 2.24) is 15.1 Å². The fraction of sp³-hybridized carbons (Fsp3) is 0.750. The maximum atomic E-state index is 9.77. The lowest BCUT2D eigenvalue weighted by Crippen LogP contribution is -2.36. The quantitative estimate of drug-likeness (QED) is 0.734. The third-order valence-electron chi connectivity index (χ3n) is 2.90. The van der Waals surface area contributed by atoms with Crippen LogP contribution in [0.3, 0.4) is 0 Å². The highest BCUT2D eigenvalue weighted by Crippen LogP contribution is 2.17. The fourth-order valence-electron chi connectivity index (χ4n) is 1.39. The Morgan fingerprint density at radius 1 is 1.50 bits per heavy atom. The lowest BCUT2D eigenvalue weighted by atomic mass is 9.90. The van der Waals surface area contributed by atoms with Crippen molar-refractivity contribution < 1.29 is 5.11 Å². The topological polar surface area (TPSA) is 50.1 Å². The Labute approximate surface area is 97.7 Å². The predicted octanol–water partition coefficient (Wildman–Crippen LogP) is 1.27. The zero-order chi connectivity index (χ0) is 12.0. The summed E-state index contributed by atoms with van der Waals surface area (Å²) < 4.78 is 1.75. The monoisotopic (exact) mass is 225 g/mol. The Hall–Kier alpha value is -0.870. The number of hydrogen-bond acceptors (Lipinski definition) is 3. The van der Waals surface area contributed by atoms with Crippen LogP contribution in [0.25, 0.3) is 0 Å². The summed E-state index contributed by atoms with van der Waals surface area (Å²) in [6, 6.07) is 1.86. The van der Waals surface area contributed by atoms with Gasteiger partial charge in [0, 0.05) is 25.5 Å². The second-order valence-electron chi connectivity index (χ2n) is 5.03. The average molecular weight is 225 g/mol. The third-order valence-corrected chi connectivity index (χ3v) is 2.90. The Morgan fingerprint density at radius 3 is 2.81 bits per heavy atom. The minimum absolute atomic E-state index is 0.297. The molecular formula is C12H23N3O. The summed E-state index contributed by atoms with van der Waals surface area (Å²) in [5, 5.41) is 17.1. The number of nitrogens with zero attached hydrogens (tertiary/aromatic N) is 2. The van der Waals surface area contributed by atoms with E-state index in [0.29, 0.717) is 18.5 Å². The van der Waals surface area contributed by atoms with E-state index < -0.39 is 0 Å². The maximum Gasteiger partial charge on any atom is 0.0860 e. The third kappa shape index (κ3) is 4.77. The summed E-state index contributed by atoms with van der Waals surface area (Å²) in [5.74, 6) is 0. The second kappa shape index (κ2) is 6.01. The van der Waals surface area contributed by atoms with E-state index in [0.717, 1.165) is 13.0 Å². The highest BCUT2D eigenvalue weighted by atomic mass is 16.3. The van der Waals surface area contributed by atoms with E-state index in [2.05, 4.69) is 31.2 Å². The number of aromatic nitrogens is 2. The van der Waals surface area contributed by atoms with Crippen LogP contribution in [0.4, 0.5) is 0 Å². The Kier molecular flexibility index (Phi) is 4.96. The van der Waals surface area contributed by atoms with Gasteiger partial charge in [-0.2, -0.15) is 5.10 Å². The van der Waals surface area contributed by atoms with Gasteiger partial charge in [-0.05, 0) is 17.9 Å². The minimum Gasteiger partial charge on any atom is -0.390 e. The number of aliphatic hydroxyl groups is 1. The molecule has 1 atom stereocenters. The zero-order valence-corrected chi connectivity index (χ0v) is 10.5. The van der Waals surface area contributed by atoms with E-state index >= 15 is 0 Å². The largest absolute Gasteiger partial charge is 0.390 e. The minimum atomic E-state index is -0.382. The van der Waals surface area contributed by atoms with Gasteiger partial charge in [-0.25, -0.2) is 0 Å². The molecule has 1 aromatic heterocycles. The molecule has 2 N–H and O–H groups in total. The van der Waals surface area contributed by atoms with E-state index in [1.807, 2.05) is 12.3 Å². The van der Waals surface area contributed by atoms with Gasteiger partial charge in [0.1, 0.15) is 0 Å². The molecule has 0 amide bonds. The molecule has 16 heavy (non-hydrogen) atoms. The van der Waals surface area contributed by atoms with Crippen molar-refractivity contribution in [3.63, 3.8) is 0 Å². The van der Waals surface area contributed by atoms with Gasteiger partial charge in [0.2, 0.25) is 0 Å². The van der Waals surface area contributed by atoms with Gasteiger partial charge in [-0.15, -0.1) is 0 Å². The van der Waals surface area contributed by atoms with Crippen molar-refractivity contribution in [2.45, 2.75) is 39.8 Å². The van der Waals surface area contributed by atoms with Crippen LogP contribution in [-0.2, 0) is 6.54 Å². The highest BCUT2D eigenvalue weighted by molar-refractivity contribution is 4.79. The van der Waals surface area contributed by atoms with Crippen molar-refractivity contribution in [2.24, 2.45) is 5.41 Å². The molecule has 0 saturated heterocycles. The molecule has 1 unspecified atom stereocenters. The van der Waals surface area contributed by atoms with Crippen LogP contribution in [0.5, 0.6) is 0 Å². The number of rotatable bonds is 7. The molecule has 0 fully saturated rings. The van der Waals surface area contributed by atoms with E-state index in [4.69, 9.17) is 0 Å². The molecule has 92 valence electrons. The number of nitrogens with one attached hydrogen (secondary N) is 1. The maximum absolute atomic E-state index is 9.77. The predicted molar refractivity (Wildman–Crippen MR) is 65.2 cm³/mol. The molecule has 4 nitrogen and oxygen atoms in total. The molecule has 0 aliphatic carbocycles. The fourth-order valence-corrected chi connectivity index (χ4v) is 1.39. The lowest BCUT2D eigenvalue weighted by molar-refractivity contribution is 0.142. The zero-order valence-electron chi connectivity index (χ0n) is 10.5. The molecule has 1 heterocycles. The van der Waals surface area contributed by atoms with Gasteiger partial charge >= 0.3 is 0 Å². The van der Waals surface area contributed by atoms with Gasteiger partial charge in [0.05, 0.1) is 12.6 Å². The van der Waals surface area contributed by atoms with E-state index in [9.17, 15) is 5.11 Å². The normalized spacial score (nSPS) is 14.0. The Morgan fingerprint density at radius 2 is 2.25 bits per heavy atom. The molecule has 0 aliphatic heterocycles. The summed E-state index contributed by atoms with van der Waals surface area (Å²) in [7, 11) is 0. The summed E-state index contributed by atoms with van der Waals surface area (Å²) >= 11 is 0. The Balaban J connectivity index is 2.18. The molecule has 0 radical (unpaired) electrons. The highest BCUT2D eigenvalue weighted by Gasteiger charge is 2.15. The van der Waals surface area contributed by atoms with Crippen molar-refractivity contribution in [2.75, 3.05) is 13.1 Å². The van der Waals surface area contributed by atoms with Gasteiger partial charge in [-0.1, -0.05) is 20.8 Å². The molecule has 0 spiro atoms. The standard InChI is InChI=1S/C12H23N3O/c1-4-12(2,3)10-13-8-11(16)9-15-7-5-6-14-15/h5-7,11,13,16H,4,8-10H2,1-3H3. The molecule has 0 saturated carbocycles. The van der Waals surface area contributed by atoms with Crippen LogP contribution in [0.2, 0.25) is 0 Å². The lowest BCUT2D eigenvalue weighted by Gasteiger charge is -2.23. The van der Waals surface area contributed by atoms with E-state index in [1.54, 1.807) is 10.9 Å². The summed E-state index contributed by atoms with van der Waals surface area (Å²) in [5.41, 5.74) is 0.297. The van der Waals surface area contributed by atoms with Crippen LogP contribution in [-0.4, -0.2) is 34.1 Å². The van der Waals surface area contributed by atoms with Gasteiger partial charge < -0.3 is 10.4 Å². The van der Waals surface area contributed by atoms with Crippen LogP contribution in [0.1, 0.15) is 27.2 Å². The van der Waals surface area contributed by atoms with Crippen LogP contribution in [0, 0.1) is 5.41 Å². The first-order valence-electron chi connectivity index (χ1n) is 5.90. The van der Waals surface area contributed by atoms with E-state index in [-0.39, 0.29) is 6.10 Å². The van der Waals surface area contributed by atoms with Crippen LogP contribution < -0.4 is 5.32 Å². The molecule has 0 aliphatic rings. The van der Waals surface area contributed by atoms with Gasteiger partial charge in [0.25, 0.3) is 0 Å².